The summed E-state index contributed by atoms with van der Waals surface area (Å²) in [5.74, 6) is 2.92. The fourth-order valence-electron chi connectivity index (χ4n) is 6.29. The van der Waals surface area contributed by atoms with E-state index in [2.05, 4.69) is 20.1 Å². The molecule has 2 aromatic heterocycles. The van der Waals surface area contributed by atoms with Crippen LogP contribution >= 0.6 is 11.8 Å². The van der Waals surface area contributed by atoms with Gasteiger partial charge >= 0.3 is 0 Å². The first-order chi connectivity index (χ1) is 17.8. The lowest BCUT2D eigenvalue weighted by atomic mass is 9.92. The molecule has 3 atom stereocenters. The van der Waals surface area contributed by atoms with Crippen LogP contribution in [0.5, 0.6) is 0 Å². The summed E-state index contributed by atoms with van der Waals surface area (Å²) >= 11 is 1.99. The van der Waals surface area contributed by atoms with Crippen LogP contribution in [0.15, 0.2) is 22.9 Å². The molecule has 36 heavy (non-hydrogen) atoms. The quantitative estimate of drug-likeness (QED) is 0.536. The minimum atomic E-state index is -0.0433. The fourth-order valence-corrected chi connectivity index (χ4v) is 7.19. The Kier molecular flexibility index (Phi) is 9.48. The Morgan fingerprint density at radius 3 is 2.50 bits per heavy atom. The van der Waals surface area contributed by atoms with Crippen molar-refractivity contribution in [3.05, 3.63) is 24.2 Å². The Hall–Kier alpha value is -1.73. The van der Waals surface area contributed by atoms with Crippen molar-refractivity contribution >= 4 is 34.3 Å². The number of nitrogens with one attached hydrogen (secondary N) is 1. The summed E-state index contributed by atoms with van der Waals surface area (Å²) in [4.78, 5) is 22.9. The summed E-state index contributed by atoms with van der Waals surface area (Å²) in [5, 5.41) is 4.41. The van der Waals surface area contributed by atoms with E-state index in [4.69, 9.17) is 4.42 Å². The molecule has 5 heterocycles. The molecule has 3 aliphatic rings. The highest BCUT2D eigenvalue weighted by molar-refractivity contribution is 7.99. The molecule has 6 nitrogen and oxygen atoms in total. The van der Waals surface area contributed by atoms with Crippen LogP contribution in [0.1, 0.15) is 87.5 Å². The first-order valence-electron chi connectivity index (χ1n) is 14.5. The zero-order chi connectivity index (χ0) is 24.6. The number of pyridine rings is 1. The third-order valence-corrected chi connectivity index (χ3v) is 9.34. The number of hydrogen-bond donors (Lipinski definition) is 1. The van der Waals surface area contributed by atoms with Gasteiger partial charge in [-0.05, 0) is 44.3 Å². The SMILES string of the molecule is O=C(NC1CC2CCCCCCCCCCCN(CC2)C1)c1cc2c(N3CCSCC3)coc2cn1. The summed E-state index contributed by atoms with van der Waals surface area (Å²) < 4.78 is 5.79. The predicted molar refractivity (Wildman–Crippen MR) is 150 cm³/mol. The van der Waals surface area contributed by atoms with E-state index in [0.717, 1.165) is 60.8 Å². The lowest BCUT2D eigenvalue weighted by Gasteiger charge is -2.27. The number of fused-ring (bicyclic) bond motifs is 4. The van der Waals surface area contributed by atoms with E-state index in [-0.39, 0.29) is 11.9 Å². The maximum atomic E-state index is 13.4. The van der Waals surface area contributed by atoms with Gasteiger partial charge in [0.25, 0.3) is 5.91 Å². The van der Waals surface area contributed by atoms with Gasteiger partial charge in [0, 0.05) is 42.6 Å². The van der Waals surface area contributed by atoms with Gasteiger partial charge in [0.1, 0.15) is 12.0 Å². The molecule has 0 saturated carbocycles. The van der Waals surface area contributed by atoms with E-state index in [1.165, 1.54) is 77.2 Å². The second-order valence-electron chi connectivity index (χ2n) is 11.1. The lowest BCUT2D eigenvalue weighted by molar-refractivity contribution is 0.0919. The van der Waals surface area contributed by atoms with Gasteiger partial charge in [-0.25, -0.2) is 4.98 Å². The molecule has 3 fully saturated rings. The van der Waals surface area contributed by atoms with Gasteiger partial charge in [-0.15, -0.1) is 0 Å². The molecular formula is C29H44N4O2S. The minimum Gasteiger partial charge on any atom is -0.460 e. The molecule has 2 bridgehead atoms. The zero-order valence-electron chi connectivity index (χ0n) is 21.9. The van der Waals surface area contributed by atoms with Crippen molar-refractivity contribution in [1.29, 1.82) is 0 Å². The van der Waals surface area contributed by atoms with E-state index in [0.29, 0.717) is 11.6 Å². The summed E-state index contributed by atoms with van der Waals surface area (Å²) in [6.45, 7) is 5.33. The van der Waals surface area contributed by atoms with Crippen molar-refractivity contribution in [3.63, 3.8) is 0 Å². The van der Waals surface area contributed by atoms with E-state index >= 15 is 0 Å². The van der Waals surface area contributed by atoms with Gasteiger partial charge in [0.15, 0.2) is 5.58 Å². The van der Waals surface area contributed by atoms with Gasteiger partial charge in [0.2, 0.25) is 0 Å². The van der Waals surface area contributed by atoms with E-state index in [9.17, 15) is 4.79 Å². The molecule has 3 aliphatic heterocycles. The van der Waals surface area contributed by atoms with Gasteiger partial charge in [-0.2, -0.15) is 11.8 Å². The number of furan rings is 1. The first-order valence-corrected chi connectivity index (χ1v) is 15.6. The monoisotopic (exact) mass is 512 g/mol. The van der Waals surface area contributed by atoms with Crippen LogP contribution in [0, 0.1) is 5.92 Å². The third kappa shape index (κ3) is 6.97. The Labute approximate surface area is 220 Å². The molecule has 198 valence electrons. The number of amides is 1. The van der Waals surface area contributed by atoms with Crippen LogP contribution in [0.3, 0.4) is 0 Å². The van der Waals surface area contributed by atoms with Crippen LogP contribution in [0.4, 0.5) is 5.69 Å². The number of nitrogens with zero attached hydrogens (tertiary/aromatic N) is 3. The minimum absolute atomic E-state index is 0.0433. The Morgan fingerprint density at radius 1 is 0.944 bits per heavy atom. The highest BCUT2D eigenvalue weighted by Gasteiger charge is 2.26. The number of rotatable bonds is 3. The molecule has 3 unspecified atom stereocenters. The molecule has 5 rings (SSSR count). The van der Waals surface area contributed by atoms with Gasteiger partial charge in [-0.3, -0.25) is 4.79 Å². The number of aromatic nitrogens is 1. The largest absolute Gasteiger partial charge is 0.460 e. The molecule has 0 spiro atoms. The number of thioether (sulfide) groups is 1. The number of carbonyl (C=O) groups is 1. The Balaban J connectivity index is 1.27. The Bertz CT molecular complexity index is 951. The van der Waals surface area contributed by atoms with Crippen LogP contribution < -0.4 is 10.2 Å². The van der Waals surface area contributed by atoms with E-state index in [1.54, 1.807) is 6.20 Å². The number of anilines is 1. The third-order valence-electron chi connectivity index (χ3n) is 8.40. The van der Waals surface area contributed by atoms with Crippen molar-refractivity contribution in [1.82, 2.24) is 15.2 Å². The van der Waals surface area contributed by atoms with Gasteiger partial charge in [0.05, 0.1) is 11.9 Å². The number of carbonyl (C=O) groups excluding carboxylic acids is 1. The topological polar surface area (TPSA) is 61.6 Å². The maximum Gasteiger partial charge on any atom is 0.270 e. The second-order valence-corrected chi connectivity index (χ2v) is 12.3. The van der Waals surface area contributed by atoms with Gasteiger partial charge < -0.3 is 19.5 Å². The summed E-state index contributed by atoms with van der Waals surface area (Å²) in [6.07, 6.45) is 19.5. The van der Waals surface area contributed by atoms with Crippen LogP contribution in [0.2, 0.25) is 0 Å². The van der Waals surface area contributed by atoms with Crippen molar-refractivity contribution < 1.29 is 9.21 Å². The van der Waals surface area contributed by atoms with E-state index < -0.39 is 0 Å². The molecule has 1 N–H and O–H groups in total. The normalized spacial score (nSPS) is 27.2. The van der Waals surface area contributed by atoms with Crippen LogP contribution in [-0.4, -0.2) is 66.1 Å². The molecule has 7 heteroatoms. The fraction of sp³-hybridized carbons (Fsp3) is 0.724. The van der Waals surface area contributed by atoms with Crippen molar-refractivity contribution in [2.24, 2.45) is 5.92 Å². The van der Waals surface area contributed by atoms with Gasteiger partial charge in [-0.1, -0.05) is 57.8 Å². The average Bonchev–Trinajstić information content (AvgIpc) is 3.22. The number of hydrogen-bond acceptors (Lipinski definition) is 6. The van der Waals surface area contributed by atoms with Crippen molar-refractivity contribution in [2.75, 3.05) is 49.1 Å². The van der Waals surface area contributed by atoms with Crippen molar-refractivity contribution in [2.45, 2.75) is 83.1 Å². The molecule has 3 saturated heterocycles. The van der Waals surface area contributed by atoms with E-state index in [1.807, 2.05) is 24.1 Å². The zero-order valence-corrected chi connectivity index (χ0v) is 22.7. The van der Waals surface area contributed by atoms with Crippen LogP contribution in [-0.2, 0) is 0 Å². The highest BCUT2D eigenvalue weighted by atomic mass is 32.2. The predicted octanol–water partition coefficient (Wildman–Crippen LogP) is 6.11. The molecule has 0 aliphatic carbocycles. The summed E-state index contributed by atoms with van der Waals surface area (Å²) in [5.41, 5.74) is 2.36. The maximum absolute atomic E-state index is 13.4. The van der Waals surface area contributed by atoms with Crippen LogP contribution in [0.25, 0.3) is 11.0 Å². The second kappa shape index (κ2) is 13.2. The first kappa shape index (κ1) is 25.9. The van der Waals surface area contributed by atoms with Crippen molar-refractivity contribution in [3.8, 4) is 0 Å². The summed E-state index contributed by atoms with van der Waals surface area (Å²) in [7, 11) is 0. The molecule has 1 amide bonds. The Morgan fingerprint density at radius 2 is 1.69 bits per heavy atom. The molecule has 2 aromatic rings. The molecule has 0 radical (unpaired) electrons. The standard InChI is InChI=1S/C29H44N4O2S/c34-29(26-19-25-27(22-35-28(25)20-30-26)33-14-16-36-17-15-33)31-24-18-23-10-8-6-4-2-1-3-5-7-9-12-32(21-24)13-11-23/h19-20,22-24H,1-18,21H2,(H,31,34). The summed E-state index contributed by atoms with van der Waals surface area (Å²) in [6, 6.07) is 2.13. The lowest BCUT2D eigenvalue weighted by Crippen LogP contribution is -2.43. The average molecular weight is 513 g/mol. The highest BCUT2D eigenvalue weighted by Crippen LogP contribution is 2.31. The molecule has 0 aromatic carbocycles. The smallest absolute Gasteiger partial charge is 0.270 e. The molecular weight excluding hydrogens is 468 g/mol.